The van der Waals surface area contributed by atoms with E-state index in [4.69, 9.17) is 5.11 Å². The van der Waals surface area contributed by atoms with Gasteiger partial charge in [0.15, 0.2) is 0 Å². The topological polar surface area (TPSA) is 63.4 Å². The Morgan fingerprint density at radius 2 is 2.46 bits per heavy atom. The molecule has 0 saturated heterocycles. The first-order valence-electron chi connectivity index (χ1n) is 4.27. The van der Waals surface area contributed by atoms with Crippen molar-refractivity contribution in [2.24, 2.45) is 0 Å². The van der Waals surface area contributed by atoms with Crippen LogP contribution in [0.25, 0.3) is 0 Å². The summed E-state index contributed by atoms with van der Waals surface area (Å²) < 4.78 is 0. The summed E-state index contributed by atoms with van der Waals surface area (Å²) >= 11 is 0. The van der Waals surface area contributed by atoms with Gasteiger partial charge in [-0.1, -0.05) is 12.2 Å². The molecule has 1 atom stereocenters. The fourth-order valence-electron chi connectivity index (χ4n) is 1.51. The largest absolute Gasteiger partial charge is 0.396 e. The van der Waals surface area contributed by atoms with Gasteiger partial charge in [-0.25, -0.2) is 0 Å². The molecule has 4 heteroatoms. The quantitative estimate of drug-likeness (QED) is 0.529. The fourth-order valence-corrected chi connectivity index (χ4v) is 1.51. The molecule has 72 valence electrons. The Balaban J connectivity index is 2.84. The number of hydrogen-bond donors (Lipinski definition) is 1. The van der Waals surface area contributed by atoms with E-state index in [1.165, 1.54) is 0 Å². The zero-order valence-corrected chi connectivity index (χ0v) is 7.56. The predicted molar refractivity (Wildman–Crippen MR) is 48.9 cm³/mol. The highest BCUT2D eigenvalue weighted by Gasteiger charge is 2.25. The minimum atomic E-state index is -0.591. The Morgan fingerprint density at radius 1 is 1.77 bits per heavy atom. The van der Waals surface area contributed by atoms with Crippen LogP contribution in [0.4, 0.5) is 0 Å². The molecule has 0 heterocycles. The molecule has 1 rings (SSSR count). The molecule has 1 aliphatic carbocycles. The molecule has 1 N–H and O–H groups in total. The summed E-state index contributed by atoms with van der Waals surface area (Å²) in [5.74, 6) is 0. The first-order valence-corrected chi connectivity index (χ1v) is 4.27. The number of nitro groups is 1. The highest BCUT2D eigenvalue weighted by Crippen LogP contribution is 2.23. The van der Waals surface area contributed by atoms with Crippen LogP contribution in [0.5, 0.6) is 0 Å². The van der Waals surface area contributed by atoms with Crippen molar-refractivity contribution < 1.29 is 10.0 Å². The Morgan fingerprint density at radius 3 is 3.00 bits per heavy atom. The summed E-state index contributed by atoms with van der Waals surface area (Å²) in [5, 5.41) is 19.3. The molecule has 13 heavy (non-hydrogen) atoms. The van der Waals surface area contributed by atoms with Crippen LogP contribution in [0.1, 0.15) is 19.8 Å². The molecule has 0 radical (unpaired) electrons. The number of aliphatic hydroxyl groups excluding tert-OH is 1. The molecular weight excluding hydrogens is 170 g/mol. The molecule has 1 aliphatic rings. The lowest BCUT2D eigenvalue weighted by Crippen LogP contribution is -2.23. The monoisotopic (exact) mass is 183 g/mol. The Hall–Kier alpha value is -1.16. The van der Waals surface area contributed by atoms with Crippen LogP contribution in [0, 0.1) is 10.1 Å². The summed E-state index contributed by atoms with van der Waals surface area (Å²) in [5.41, 5.74) is 1.68. The molecule has 0 aromatic carbocycles. The molecule has 4 nitrogen and oxygen atoms in total. The third-order valence-electron chi connectivity index (χ3n) is 2.32. The average Bonchev–Trinajstić information content (AvgIpc) is 2.08. The zero-order valence-electron chi connectivity index (χ0n) is 7.56. The van der Waals surface area contributed by atoms with E-state index < -0.39 is 6.04 Å². The lowest BCUT2D eigenvalue weighted by molar-refractivity contribution is -0.511. The third kappa shape index (κ3) is 2.15. The van der Waals surface area contributed by atoms with Crippen molar-refractivity contribution in [2.45, 2.75) is 25.8 Å². The van der Waals surface area contributed by atoms with Crippen LogP contribution in [0.3, 0.4) is 0 Å². The molecule has 1 unspecified atom stereocenters. The minimum Gasteiger partial charge on any atom is -0.396 e. The smallest absolute Gasteiger partial charge is 0.237 e. The molecular formula is C9H13NO3. The third-order valence-corrected chi connectivity index (χ3v) is 2.32. The van der Waals surface area contributed by atoms with Crippen LogP contribution in [0.2, 0.25) is 0 Å². The van der Waals surface area contributed by atoms with Crippen molar-refractivity contribution in [2.75, 3.05) is 6.61 Å². The number of aliphatic hydroxyl groups is 1. The maximum atomic E-state index is 10.6. The van der Waals surface area contributed by atoms with Crippen molar-refractivity contribution in [3.05, 3.63) is 33.4 Å². The van der Waals surface area contributed by atoms with Gasteiger partial charge in [0.2, 0.25) is 6.04 Å². The van der Waals surface area contributed by atoms with Crippen molar-refractivity contribution in [3.8, 4) is 0 Å². The number of allylic oxidation sites excluding steroid dienone is 1. The molecule has 0 spiro atoms. The number of nitrogens with zero attached hydrogens (tertiary/aromatic N) is 1. The van der Waals surface area contributed by atoms with Gasteiger partial charge in [-0.2, -0.15) is 0 Å². The zero-order chi connectivity index (χ0) is 9.84. The minimum absolute atomic E-state index is 0.0431. The van der Waals surface area contributed by atoms with Gasteiger partial charge in [-0.05, 0) is 18.9 Å². The van der Waals surface area contributed by atoms with Gasteiger partial charge in [0.05, 0.1) is 0 Å². The van der Waals surface area contributed by atoms with Gasteiger partial charge in [-0.3, -0.25) is 10.1 Å². The van der Waals surface area contributed by atoms with E-state index in [0.717, 1.165) is 11.1 Å². The van der Waals surface area contributed by atoms with Crippen molar-refractivity contribution in [1.82, 2.24) is 0 Å². The Kier molecular flexibility index (Phi) is 3.19. The normalized spacial score (nSPS) is 22.2. The Bertz CT molecular complexity index is 268. The van der Waals surface area contributed by atoms with E-state index in [9.17, 15) is 10.1 Å². The predicted octanol–water partition coefficient (Wildman–Crippen LogP) is 1.29. The second-order valence-electron chi connectivity index (χ2n) is 3.12. The second kappa shape index (κ2) is 4.18. The van der Waals surface area contributed by atoms with Crippen LogP contribution in [-0.4, -0.2) is 22.7 Å². The SMILES string of the molecule is CC1=C(CCO)C=CCC1[N+](=O)[O-]. The van der Waals surface area contributed by atoms with Crippen LogP contribution < -0.4 is 0 Å². The van der Waals surface area contributed by atoms with Gasteiger partial charge in [0, 0.05) is 23.5 Å². The summed E-state index contributed by atoms with van der Waals surface area (Å²) in [4.78, 5) is 10.3. The number of hydrogen-bond acceptors (Lipinski definition) is 3. The maximum absolute atomic E-state index is 10.6. The molecule has 0 saturated carbocycles. The highest BCUT2D eigenvalue weighted by atomic mass is 16.6. The highest BCUT2D eigenvalue weighted by molar-refractivity contribution is 5.31. The summed E-state index contributed by atoms with van der Waals surface area (Å²) in [6.45, 7) is 1.81. The van der Waals surface area contributed by atoms with Crippen molar-refractivity contribution >= 4 is 0 Å². The molecule has 0 bridgehead atoms. The molecule has 0 aromatic heterocycles. The standard InChI is InChI=1S/C9H13NO3/c1-7-8(5-6-11)3-2-4-9(7)10(12)13/h2-3,9,11H,4-6H2,1H3. The Labute approximate surface area is 76.7 Å². The molecule has 0 amide bonds. The van der Waals surface area contributed by atoms with Crippen LogP contribution in [0.15, 0.2) is 23.3 Å². The molecule has 0 aromatic rings. The summed E-state index contributed by atoms with van der Waals surface area (Å²) in [6.07, 6.45) is 4.64. The molecule has 0 fully saturated rings. The van der Waals surface area contributed by atoms with E-state index in [-0.39, 0.29) is 11.5 Å². The van der Waals surface area contributed by atoms with Crippen molar-refractivity contribution in [3.63, 3.8) is 0 Å². The summed E-state index contributed by atoms with van der Waals surface area (Å²) in [6, 6.07) is -0.591. The average molecular weight is 183 g/mol. The lowest BCUT2D eigenvalue weighted by Gasteiger charge is -2.15. The van der Waals surface area contributed by atoms with E-state index in [2.05, 4.69) is 0 Å². The van der Waals surface area contributed by atoms with E-state index in [1.807, 2.05) is 6.08 Å². The first-order chi connectivity index (χ1) is 6.16. The second-order valence-corrected chi connectivity index (χ2v) is 3.12. The van der Waals surface area contributed by atoms with E-state index >= 15 is 0 Å². The van der Waals surface area contributed by atoms with Gasteiger partial charge in [0.1, 0.15) is 0 Å². The van der Waals surface area contributed by atoms with Gasteiger partial charge in [-0.15, -0.1) is 0 Å². The molecule has 0 aliphatic heterocycles. The number of rotatable bonds is 3. The van der Waals surface area contributed by atoms with E-state index in [0.29, 0.717) is 12.8 Å². The van der Waals surface area contributed by atoms with Crippen LogP contribution >= 0.6 is 0 Å². The lowest BCUT2D eigenvalue weighted by atomic mass is 9.93. The van der Waals surface area contributed by atoms with Crippen molar-refractivity contribution in [1.29, 1.82) is 0 Å². The summed E-state index contributed by atoms with van der Waals surface area (Å²) in [7, 11) is 0. The van der Waals surface area contributed by atoms with Crippen LogP contribution in [-0.2, 0) is 0 Å². The van der Waals surface area contributed by atoms with Gasteiger partial charge >= 0.3 is 0 Å². The first kappa shape index (κ1) is 9.92. The fraction of sp³-hybridized carbons (Fsp3) is 0.556. The van der Waals surface area contributed by atoms with E-state index in [1.54, 1.807) is 13.0 Å². The van der Waals surface area contributed by atoms with Gasteiger partial charge < -0.3 is 5.11 Å². The maximum Gasteiger partial charge on any atom is 0.237 e. The van der Waals surface area contributed by atoms with Gasteiger partial charge in [0.25, 0.3) is 0 Å².